The number of carbonyl (C=O) groups is 1. The average Bonchev–Trinajstić information content (AvgIpc) is 2.86. The fraction of sp³-hybridized carbons (Fsp3) is 0.462. The number of halogens is 1. The molecule has 1 saturated heterocycles. The summed E-state index contributed by atoms with van der Waals surface area (Å²) >= 11 is 5.47. The summed E-state index contributed by atoms with van der Waals surface area (Å²) in [5.41, 5.74) is 1.02. The van der Waals surface area contributed by atoms with E-state index in [0.717, 1.165) is 5.56 Å². The third-order valence-electron chi connectivity index (χ3n) is 4.08. The zero-order valence-electron chi connectivity index (χ0n) is 10.4. The van der Waals surface area contributed by atoms with Crippen LogP contribution in [-0.4, -0.2) is 31.1 Å². The van der Waals surface area contributed by atoms with Crippen LogP contribution < -0.4 is 0 Å². The zero-order valence-corrected chi connectivity index (χ0v) is 12.0. The van der Waals surface area contributed by atoms with Gasteiger partial charge >= 0.3 is 0 Å². The molecule has 1 heterocycles. The third-order valence-corrected chi connectivity index (χ3v) is 6.18. The zero-order chi connectivity index (χ0) is 13.8. The van der Waals surface area contributed by atoms with Crippen molar-refractivity contribution in [2.75, 3.05) is 13.1 Å². The quantitative estimate of drug-likeness (QED) is 0.797. The Morgan fingerprint density at radius 3 is 2.21 bits per heavy atom. The lowest BCUT2D eigenvalue weighted by Gasteiger charge is -2.19. The van der Waals surface area contributed by atoms with Gasteiger partial charge in [0.2, 0.25) is 15.3 Å². The molecule has 0 spiro atoms. The van der Waals surface area contributed by atoms with Gasteiger partial charge in [0.05, 0.1) is 4.90 Å². The van der Waals surface area contributed by atoms with Gasteiger partial charge in [0, 0.05) is 19.0 Å². The highest BCUT2D eigenvalue weighted by atomic mass is 35.5. The lowest BCUT2D eigenvalue weighted by Crippen LogP contribution is -2.32. The van der Waals surface area contributed by atoms with Crippen LogP contribution in [0.4, 0.5) is 0 Å². The summed E-state index contributed by atoms with van der Waals surface area (Å²) in [5, 5.41) is -0.331. The fourth-order valence-corrected chi connectivity index (χ4v) is 4.72. The summed E-state index contributed by atoms with van der Waals surface area (Å²) in [4.78, 5) is 11.4. The topological polar surface area (TPSA) is 54.5 Å². The second kappa shape index (κ2) is 4.30. The number of rotatable bonds is 3. The molecule has 1 aliphatic carbocycles. The predicted octanol–water partition coefficient (Wildman–Crippen LogP) is 1.63. The number of sulfonamides is 1. The van der Waals surface area contributed by atoms with Crippen molar-refractivity contribution >= 4 is 26.9 Å². The molecular formula is C13H14ClNO3S. The minimum absolute atomic E-state index is 0.116. The number of nitrogens with zero attached hydrogens (tertiary/aromatic N) is 1. The second-order valence-corrected chi connectivity index (χ2v) is 7.60. The average molecular weight is 300 g/mol. The molecule has 0 amide bonds. The highest BCUT2D eigenvalue weighted by molar-refractivity contribution is 7.89. The van der Waals surface area contributed by atoms with Crippen molar-refractivity contribution < 1.29 is 13.2 Å². The lowest BCUT2D eigenvalue weighted by molar-refractivity contribution is -0.113. The van der Waals surface area contributed by atoms with E-state index in [1.807, 2.05) is 6.92 Å². The van der Waals surface area contributed by atoms with E-state index in [2.05, 4.69) is 0 Å². The van der Waals surface area contributed by atoms with E-state index < -0.39 is 10.0 Å². The van der Waals surface area contributed by atoms with Crippen molar-refractivity contribution in [3.8, 4) is 0 Å². The highest BCUT2D eigenvalue weighted by Crippen LogP contribution is 2.53. The largest absolute Gasteiger partial charge is 0.281 e. The molecule has 4 nitrogen and oxygen atoms in total. The second-order valence-electron chi connectivity index (χ2n) is 5.29. The van der Waals surface area contributed by atoms with Gasteiger partial charge in [0.1, 0.15) is 0 Å². The van der Waals surface area contributed by atoms with Gasteiger partial charge in [-0.25, -0.2) is 8.42 Å². The van der Waals surface area contributed by atoms with Gasteiger partial charge in [0.25, 0.3) is 0 Å². The molecule has 1 aromatic carbocycles. The van der Waals surface area contributed by atoms with E-state index in [4.69, 9.17) is 11.6 Å². The lowest BCUT2D eigenvalue weighted by atomic mass is 10.2. The molecular weight excluding hydrogens is 286 g/mol. The van der Waals surface area contributed by atoms with Crippen molar-refractivity contribution in [3.63, 3.8) is 0 Å². The monoisotopic (exact) mass is 299 g/mol. The number of hydrogen-bond acceptors (Lipinski definition) is 3. The fourth-order valence-electron chi connectivity index (χ4n) is 2.88. The Balaban J connectivity index is 1.78. The Labute approximate surface area is 117 Å². The van der Waals surface area contributed by atoms with Gasteiger partial charge in [-0.05, 0) is 42.5 Å². The van der Waals surface area contributed by atoms with Crippen molar-refractivity contribution in [1.82, 2.24) is 4.31 Å². The van der Waals surface area contributed by atoms with Gasteiger partial charge in [-0.15, -0.1) is 0 Å². The third kappa shape index (κ3) is 2.10. The van der Waals surface area contributed by atoms with Crippen LogP contribution in [0.3, 0.4) is 0 Å². The van der Waals surface area contributed by atoms with E-state index in [1.54, 1.807) is 24.3 Å². The molecule has 0 N–H and O–H groups in total. The summed E-state index contributed by atoms with van der Waals surface area (Å²) in [5.74, 6) is 0.0987. The first kappa shape index (κ1) is 13.1. The standard InChI is InChI=1S/C13H14ClNO3S/c1-8-2-4-9(5-3-8)19(17,18)15-6-10-11(7-15)12(10)13(14)16/h2-5,10-12H,6-7H2,1H3/t10-,11+,12?. The van der Waals surface area contributed by atoms with Crippen LogP contribution in [0.15, 0.2) is 29.2 Å². The number of hydrogen-bond donors (Lipinski definition) is 0. The highest BCUT2D eigenvalue weighted by Gasteiger charge is 2.60. The van der Waals surface area contributed by atoms with E-state index >= 15 is 0 Å². The van der Waals surface area contributed by atoms with E-state index in [0.29, 0.717) is 18.0 Å². The van der Waals surface area contributed by atoms with Gasteiger partial charge in [-0.3, -0.25) is 4.79 Å². The Morgan fingerprint density at radius 1 is 1.21 bits per heavy atom. The summed E-state index contributed by atoms with van der Waals surface area (Å²) in [6.45, 7) is 2.73. The number of aryl methyl sites for hydroxylation is 1. The van der Waals surface area contributed by atoms with Gasteiger partial charge in [0.15, 0.2) is 0 Å². The molecule has 1 unspecified atom stereocenters. The molecule has 0 bridgehead atoms. The Bertz CT molecular complexity index is 614. The maximum atomic E-state index is 12.4. The van der Waals surface area contributed by atoms with Crippen LogP contribution in [0.5, 0.6) is 0 Å². The molecule has 0 radical (unpaired) electrons. The molecule has 0 aromatic heterocycles. The van der Waals surface area contributed by atoms with Crippen LogP contribution in [0.2, 0.25) is 0 Å². The Kier molecular flexibility index (Phi) is 2.96. The van der Waals surface area contributed by atoms with Crippen LogP contribution in [0.25, 0.3) is 0 Å². The van der Waals surface area contributed by atoms with E-state index in [-0.39, 0.29) is 23.0 Å². The van der Waals surface area contributed by atoms with Crippen LogP contribution in [-0.2, 0) is 14.8 Å². The first-order valence-electron chi connectivity index (χ1n) is 6.17. The molecule has 6 heteroatoms. The van der Waals surface area contributed by atoms with Crippen molar-refractivity contribution in [2.45, 2.75) is 11.8 Å². The van der Waals surface area contributed by atoms with Crippen molar-refractivity contribution in [2.24, 2.45) is 17.8 Å². The van der Waals surface area contributed by atoms with Crippen LogP contribution in [0, 0.1) is 24.7 Å². The molecule has 102 valence electrons. The van der Waals surface area contributed by atoms with Crippen LogP contribution in [0.1, 0.15) is 5.56 Å². The van der Waals surface area contributed by atoms with Crippen LogP contribution >= 0.6 is 11.6 Å². The molecule has 3 rings (SSSR count). The minimum atomic E-state index is -3.43. The number of fused-ring (bicyclic) bond motifs is 1. The maximum absolute atomic E-state index is 12.4. The molecule has 1 aliphatic heterocycles. The molecule has 2 aliphatic rings. The normalized spacial score (nSPS) is 30.1. The first-order chi connectivity index (χ1) is 8.91. The first-order valence-corrected chi connectivity index (χ1v) is 7.99. The Hall–Kier alpha value is -0.910. The SMILES string of the molecule is Cc1ccc(S(=O)(=O)N2C[C@@H]3C(C(=O)Cl)[C@@H]3C2)cc1. The summed E-state index contributed by atoms with van der Waals surface area (Å²) < 4.78 is 26.3. The number of benzene rings is 1. The van der Waals surface area contributed by atoms with E-state index in [9.17, 15) is 13.2 Å². The molecule has 1 aromatic rings. The van der Waals surface area contributed by atoms with Gasteiger partial charge in [-0.2, -0.15) is 4.31 Å². The molecule has 1 saturated carbocycles. The molecule has 19 heavy (non-hydrogen) atoms. The molecule has 2 fully saturated rings. The molecule has 3 atom stereocenters. The van der Waals surface area contributed by atoms with E-state index in [1.165, 1.54) is 4.31 Å². The maximum Gasteiger partial charge on any atom is 0.243 e. The number of carbonyl (C=O) groups excluding carboxylic acids is 1. The minimum Gasteiger partial charge on any atom is -0.281 e. The smallest absolute Gasteiger partial charge is 0.243 e. The van der Waals surface area contributed by atoms with Gasteiger partial charge < -0.3 is 0 Å². The summed E-state index contributed by atoms with van der Waals surface area (Å²) in [6.07, 6.45) is 0. The predicted molar refractivity (Wildman–Crippen MR) is 71.3 cm³/mol. The van der Waals surface area contributed by atoms with Gasteiger partial charge in [-0.1, -0.05) is 17.7 Å². The summed E-state index contributed by atoms with van der Waals surface area (Å²) in [7, 11) is -3.43. The van der Waals surface area contributed by atoms with Crippen molar-refractivity contribution in [3.05, 3.63) is 29.8 Å². The Morgan fingerprint density at radius 2 is 1.74 bits per heavy atom. The summed E-state index contributed by atoms with van der Waals surface area (Å²) in [6, 6.07) is 6.82. The number of piperidine rings is 1. The van der Waals surface area contributed by atoms with Crippen molar-refractivity contribution in [1.29, 1.82) is 0 Å².